The van der Waals surface area contributed by atoms with E-state index in [-0.39, 0.29) is 12.3 Å². The first-order valence-corrected chi connectivity index (χ1v) is 7.02. The zero-order valence-corrected chi connectivity index (χ0v) is 13.4. The summed E-state index contributed by atoms with van der Waals surface area (Å²) in [5.41, 5.74) is 5.48. The molecule has 0 unspecified atom stereocenters. The Kier molecular flexibility index (Phi) is 4.88. The molecule has 112 valence electrons. The number of rotatable bonds is 4. The third-order valence-corrected chi connectivity index (χ3v) is 3.67. The van der Waals surface area contributed by atoms with Crippen LogP contribution in [0.1, 0.15) is 17.0 Å². The number of hydroxylamine groups is 1. The SMILES string of the molecule is CONC(=O)Cc1c(C)nn(-c2ccc(Cl)cc2Cl)c1C. The highest BCUT2D eigenvalue weighted by atomic mass is 35.5. The van der Waals surface area contributed by atoms with Crippen LogP contribution in [0.15, 0.2) is 18.2 Å². The van der Waals surface area contributed by atoms with Gasteiger partial charge in [-0.2, -0.15) is 5.10 Å². The van der Waals surface area contributed by atoms with Gasteiger partial charge in [0.15, 0.2) is 0 Å². The Morgan fingerprint density at radius 3 is 2.71 bits per heavy atom. The molecule has 21 heavy (non-hydrogen) atoms. The molecule has 1 aromatic heterocycles. The molecule has 0 radical (unpaired) electrons. The molecule has 2 aromatic rings. The number of aromatic nitrogens is 2. The molecule has 0 atom stereocenters. The topological polar surface area (TPSA) is 56.1 Å². The van der Waals surface area contributed by atoms with E-state index >= 15 is 0 Å². The second kappa shape index (κ2) is 6.47. The van der Waals surface area contributed by atoms with E-state index in [1.54, 1.807) is 22.9 Å². The molecule has 1 N–H and O–H groups in total. The van der Waals surface area contributed by atoms with Crippen molar-refractivity contribution in [1.82, 2.24) is 15.3 Å². The van der Waals surface area contributed by atoms with Gasteiger partial charge in [0.25, 0.3) is 0 Å². The number of nitrogens with one attached hydrogen (secondary N) is 1. The van der Waals surface area contributed by atoms with Crippen LogP contribution in [0.25, 0.3) is 5.69 Å². The van der Waals surface area contributed by atoms with E-state index in [4.69, 9.17) is 23.2 Å². The Morgan fingerprint density at radius 2 is 2.10 bits per heavy atom. The van der Waals surface area contributed by atoms with Gasteiger partial charge in [-0.25, -0.2) is 10.2 Å². The summed E-state index contributed by atoms with van der Waals surface area (Å²) in [6.07, 6.45) is 0.191. The maximum Gasteiger partial charge on any atom is 0.248 e. The molecular weight excluding hydrogens is 313 g/mol. The van der Waals surface area contributed by atoms with Gasteiger partial charge in [0.2, 0.25) is 5.91 Å². The molecule has 0 aliphatic rings. The highest BCUT2D eigenvalue weighted by molar-refractivity contribution is 6.35. The van der Waals surface area contributed by atoms with Gasteiger partial charge in [-0.05, 0) is 32.0 Å². The van der Waals surface area contributed by atoms with E-state index in [1.165, 1.54) is 7.11 Å². The second-order valence-electron chi connectivity index (χ2n) is 4.56. The van der Waals surface area contributed by atoms with Crippen LogP contribution in [0.4, 0.5) is 0 Å². The molecule has 0 spiro atoms. The highest BCUT2D eigenvalue weighted by Gasteiger charge is 2.17. The normalized spacial score (nSPS) is 10.7. The third-order valence-electron chi connectivity index (χ3n) is 3.13. The average molecular weight is 328 g/mol. The van der Waals surface area contributed by atoms with Gasteiger partial charge in [-0.15, -0.1) is 0 Å². The summed E-state index contributed by atoms with van der Waals surface area (Å²) >= 11 is 12.1. The summed E-state index contributed by atoms with van der Waals surface area (Å²) in [6.45, 7) is 3.74. The minimum absolute atomic E-state index is 0.191. The number of nitrogens with zero attached hydrogens (tertiary/aromatic N) is 2. The van der Waals surface area contributed by atoms with Crippen molar-refractivity contribution in [2.24, 2.45) is 0 Å². The number of hydrogen-bond donors (Lipinski definition) is 1. The number of amides is 1. The number of benzene rings is 1. The molecule has 0 bridgehead atoms. The number of carbonyl (C=O) groups excluding carboxylic acids is 1. The van der Waals surface area contributed by atoms with E-state index in [1.807, 2.05) is 13.8 Å². The molecule has 7 heteroatoms. The Labute approximate surface area is 132 Å². The average Bonchev–Trinajstić information content (AvgIpc) is 2.67. The molecule has 1 heterocycles. The van der Waals surface area contributed by atoms with Crippen LogP contribution >= 0.6 is 23.2 Å². The number of carbonyl (C=O) groups is 1. The van der Waals surface area contributed by atoms with Gasteiger partial charge in [-0.1, -0.05) is 23.2 Å². The van der Waals surface area contributed by atoms with Crippen molar-refractivity contribution in [3.8, 4) is 5.69 Å². The van der Waals surface area contributed by atoms with E-state index in [9.17, 15) is 4.79 Å². The molecule has 1 aromatic carbocycles. The van der Waals surface area contributed by atoms with E-state index in [0.29, 0.717) is 10.0 Å². The predicted molar refractivity (Wildman–Crippen MR) is 81.9 cm³/mol. The van der Waals surface area contributed by atoms with Crippen LogP contribution in [0.5, 0.6) is 0 Å². The maximum absolute atomic E-state index is 11.7. The largest absolute Gasteiger partial charge is 0.277 e. The molecule has 0 fully saturated rings. The zero-order valence-electron chi connectivity index (χ0n) is 11.9. The summed E-state index contributed by atoms with van der Waals surface area (Å²) in [7, 11) is 1.40. The molecule has 2 rings (SSSR count). The molecule has 0 aliphatic heterocycles. The minimum atomic E-state index is -0.231. The number of aryl methyl sites for hydroxylation is 1. The van der Waals surface area contributed by atoms with Gasteiger partial charge >= 0.3 is 0 Å². The monoisotopic (exact) mass is 327 g/mol. The summed E-state index contributed by atoms with van der Waals surface area (Å²) in [4.78, 5) is 16.3. The fourth-order valence-corrected chi connectivity index (χ4v) is 2.62. The van der Waals surface area contributed by atoms with Gasteiger partial charge in [0.1, 0.15) is 0 Å². The molecule has 0 saturated carbocycles. The Hall–Kier alpha value is -1.56. The Morgan fingerprint density at radius 1 is 1.38 bits per heavy atom. The number of halogens is 2. The fourth-order valence-electron chi connectivity index (χ4n) is 2.13. The first-order valence-electron chi connectivity index (χ1n) is 6.26. The molecule has 5 nitrogen and oxygen atoms in total. The lowest BCUT2D eigenvalue weighted by atomic mass is 10.1. The van der Waals surface area contributed by atoms with Crippen molar-refractivity contribution in [3.63, 3.8) is 0 Å². The second-order valence-corrected chi connectivity index (χ2v) is 5.41. The quantitative estimate of drug-likeness (QED) is 0.878. The van der Waals surface area contributed by atoms with E-state index in [0.717, 1.165) is 22.6 Å². The number of hydrogen-bond acceptors (Lipinski definition) is 3. The zero-order chi connectivity index (χ0) is 15.6. The molecular formula is C14H15Cl2N3O2. The standard InChI is InChI=1S/C14H15Cl2N3O2/c1-8-11(7-14(20)18-21-3)9(2)19(17-8)13-5-4-10(15)6-12(13)16/h4-6H,7H2,1-3H3,(H,18,20). The summed E-state index contributed by atoms with van der Waals surface area (Å²) in [6, 6.07) is 5.20. The van der Waals surface area contributed by atoms with Crippen molar-refractivity contribution in [2.75, 3.05) is 7.11 Å². The molecule has 0 aliphatic carbocycles. The van der Waals surface area contributed by atoms with E-state index in [2.05, 4.69) is 15.4 Å². The fraction of sp³-hybridized carbons (Fsp3) is 0.286. The molecule has 0 saturated heterocycles. The summed E-state index contributed by atoms with van der Waals surface area (Å²) in [5.74, 6) is -0.231. The van der Waals surface area contributed by atoms with Crippen molar-refractivity contribution < 1.29 is 9.63 Å². The lowest BCUT2D eigenvalue weighted by Crippen LogP contribution is -2.24. The lowest BCUT2D eigenvalue weighted by molar-refractivity contribution is -0.130. The van der Waals surface area contributed by atoms with Crippen LogP contribution in [-0.2, 0) is 16.1 Å². The van der Waals surface area contributed by atoms with Crippen LogP contribution in [0.3, 0.4) is 0 Å². The van der Waals surface area contributed by atoms with Gasteiger partial charge in [0.05, 0.1) is 29.9 Å². The van der Waals surface area contributed by atoms with Crippen LogP contribution in [0.2, 0.25) is 10.0 Å². The van der Waals surface area contributed by atoms with Gasteiger partial charge in [-0.3, -0.25) is 9.63 Å². The first-order chi connectivity index (χ1) is 9.93. The van der Waals surface area contributed by atoms with Crippen LogP contribution in [0, 0.1) is 13.8 Å². The maximum atomic E-state index is 11.7. The highest BCUT2D eigenvalue weighted by Crippen LogP contribution is 2.27. The van der Waals surface area contributed by atoms with Crippen LogP contribution in [-0.4, -0.2) is 22.8 Å². The predicted octanol–water partition coefficient (Wildman–Crippen LogP) is 3.02. The van der Waals surface area contributed by atoms with Gasteiger partial charge < -0.3 is 0 Å². The summed E-state index contributed by atoms with van der Waals surface area (Å²) in [5, 5.41) is 5.51. The van der Waals surface area contributed by atoms with Crippen molar-refractivity contribution in [3.05, 3.63) is 45.2 Å². The van der Waals surface area contributed by atoms with Gasteiger partial charge in [0, 0.05) is 16.3 Å². The minimum Gasteiger partial charge on any atom is -0.277 e. The Balaban J connectivity index is 2.41. The van der Waals surface area contributed by atoms with Crippen molar-refractivity contribution in [1.29, 1.82) is 0 Å². The lowest BCUT2D eigenvalue weighted by Gasteiger charge is -2.08. The van der Waals surface area contributed by atoms with Crippen molar-refractivity contribution >= 4 is 29.1 Å². The van der Waals surface area contributed by atoms with Crippen molar-refractivity contribution in [2.45, 2.75) is 20.3 Å². The molecule has 1 amide bonds. The Bertz CT molecular complexity index is 683. The smallest absolute Gasteiger partial charge is 0.248 e. The third kappa shape index (κ3) is 3.37. The van der Waals surface area contributed by atoms with E-state index < -0.39 is 0 Å². The summed E-state index contributed by atoms with van der Waals surface area (Å²) < 4.78 is 1.71. The first kappa shape index (κ1) is 15.8. The van der Waals surface area contributed by atoms with Crippen LogP contribution < -0.4 is 5.48 Å².